The van der Waals surface area contributed by atoms with Crippen LogP contribution in [0, 0.1) is 5.92 Å². The van der Waals surface area contributed by atoms with Crippen LogP contribution in [-0.2, 0) is 6.42 Å². The van der Waals surface area contributed by atoms with Gasteiger partial charge in [0.2, 0.25) is 5.95 Å². The van der Waals surface area contributed by atoms with Gasteiger partial charge in [0.15, 0.2) is 0 Å². The molecule has 0 unspecified atom stereocenters. The Morgan fingerprint density at radius 2 is 1.42 bits per heavy atom. The summed E-state index contributed by atoms with van der Waals surface area (Å²) in [7, 11) is 0. The van der Waals surface area contributed by atoms with Crippen molar-refractivity contribution in [1.82, 2.24) is 15.0 Å². The van der Waals surface area contributed by atoms with Crippen LogP contribution < -0.4 is 10.6 Å². The second-order valence-corrected chi connectivity index (χ2v) is 6.08. The summed E-state index contributed by atoms with van der Waals surface area (Å²) >= 11 is 0. The van der Waals surface area contributed by atoms with Crippen molar-refractivity contribution in [3.63, 3.8) is 0 Å². The fourth-order valence-corrected chi connectivity index (χ4v) is 2.38. The number of benzene rings is 1. The quantitative estimate of drug-likeness (QED) is 0.697. The van der Waals surface area contributed by atoms with Gasteiger partial charge in [-0.2, -0.15) is 0 Å². The van der Waals surface area contributed by atoms with Crippen LogP contribution in [0.3, 0.4) is 0 Å². The highest BCUT2D eigenvalue weighted by molar-refractivity contribution is 5.59. The molecule has 0 atom stereocenters. The Labute approximate surface area is 142 Å². The molecule has 0 aliphatic rings. The van der Waals surface area contributed by atoms with E-state index in [0.29, 0.717) is 11.9 Å². The molecule has 0 bridgehead atoms. The molecule has 2 aromatic heterocycles. The van der Waals surface area contributed by atoms with Gasteiger partial charge >= 0.3 is 0 Å². The number of nitrogens with zero attached hydrogens (tertiary/aromatic N) is 3. The predicted octanol–water partition coefficient (Wildman–Crippen LogP) is 4.56. The lowest BCUT2D eigenvalue weighted by atomic mass is 10.0. The third-order valence-corrected chi connectivity index (χ3v) is 3.47. The SMILES string of the molecule is CC(C)Cc1ccc(Nc2ncc(Nc3ccncc3)cn2)cc1. The topological polar surface area (TPSA) is 62.7 Å². The lowest BCUT2D eigenvalue weighted by Crippen LogP contribution is -1.99. The van der Waals surface area contributed by atoms with E-state index < -0.39 is 0 Å². The number of anilines is 4. The van der Waals surface area contributed by atoms with Crippen LogP contribution in [0.4, 0.5) is 23.0 Å². The predicted molar refractivity (Wildman–Crippen MR) is 97.8 cm³/mol. The molecule has 0 spiro atoms. The molecule has 24 heavy (non-hydrogen) atoms. The van der Waals surface area contributed by atoms with Crippen LogP contribution >= 0.6 is 0 Å². The molecule has 0 saturated heterocycles. The third kappa shape index (κ3) is 4.52. The molecule has 1 aromatic carbocycles. The summed E-state index contributed by atoms with van der Waals surface area (Å²) in [5.74, 6) is 1.24. The zero-order valence-electron chi connectivity index (χ0n) is 13.9. The van der Waals surface area contributed by atoms with E-state index in [4.69, 9.17) is 0 Å². The number of pyridine rings is 1. The molecular weight excluding hydrogens is 298 g/mol. The van der Waals surface area contributed by atoms with Crippen molar-refractivity contribution in [2.24, 2.45) is 5.92 Å². The molecule has 0 aliphatic heterocycles. The summed E-state index contributed by atoms with van der Waals surface area (Å²) in [5.41, 5.74) is 4.11. The number of hydrogen-bond donors (Lipinski definition) is 2. The molecular formula is C19H21N5. The van der Waals surface area contributed by atoms with Crippen molar-refractivity contribution in [3.8, 4) is 0 Å². The van der Waals surface area contributed by atoms with Gasteiger partial charge in [-0.1, -0.05) is 26.0 Å². The van der Waals surface area contributed by atoms with Gasteiger partial charge in [0, 0.05) is 23.8 Å². The van der Waals surface area contributed by atoms with Gasteiger partial charge in [-0.25, -0.2) is 9.97 Å². The highest BCUT2D eigenvalue weighted by Gasteiger charge is 2.01. The molecule has 0 aliphatic carbocycles. The molecule has 5 nitrogen and oxygen atoms in total. The molecule has 5 heteroatoms. The van der Waals surface area contributed by atoms with Crippen LogP contribution in [0.25, 0.3) is 0 Å². The Balaban J connectivity index is 1.61. The second-order valence-electron chi connectivity index (χ2n) is 6.08. The summed E-state index contributed by atoms with van der Waals surface area (Å²) in [5, 5.41) is 6.44. The van der Waals surface area contributed by atoms with Crippen LogP contribution in [0.5, 0.6) is 0 Å². The molecule has 0 amide bonds. The van der Waals surface area contributed by atoms with Crippen LogP contribution in [0.15, 0.2) is 61.2 Å². The second kappa shape index (κ2) is 7.55. The van der Waals surface area contributed by atoms with Crippen molar-refractivity contribution in [1.29, 1.82) is 0 Å². The van der Waals surface area contributed by atoms with E-state index in [1.54, 1.807) is 24.8 Å². The minimum Gasteiger partial charge on any atom is -0.353 e. The van der Waals surface area contributed by atoms with E-state index in [1.807, 2.05) is 12.1 Å². The van der Waals surface area contributed by atoms with Crippen LogP contribution in [0.2, 0.25) is 0 Å². The van der Waals surface area contributed by atoms with E-state index in [2.05, 4.69) is 63.7 Å². The first-order valence-corrected chi connectivity index (χ1v) is 8.04. The van der Waals surface area contributed by atoms with Gasteiger partial charge in [-0.3, -0.25) is 4.98 Å². The molecule has 3 aromatic rings. The molecule has 2 N–H and O–H groups in total. The maximum Gasteiger partial charge on any atom is 0.227 e. The number of aromatic nitrogens is 3. The van der Waals surface area contributed by atoms with Crippen LogP contribution in [0.1, 0.15) is 19.4 Å². The van der Waals surface area contributed by atoms with E-state index >= 15 is 0 Å². The Kier molecular flexibility index (Phi) is 5.01. The van der Waals surface area contributed by atoms with Gasteiger partial charge in [0.1, 0.15) is 0 Å². The lowest BCUT2D eigenvalue weighted by Gasteiger charge is -2.09. The number of rotatable bonds is 6. The van der Waals surface area contributed by atoms with Gasteiger partial charge < -0.3 is 10.6 Å². The van der Waals surface area contributed by atoms with E-state index in [-0.39, 0.29) is 0 Å². The van der Waals surface area contributed by atoms with Crippen molar-refractivity contribution >= 4 is 23.0 Å². The molecule has 0 fully saturated rings. The lowest BCUT2D eigenvalue weighted by molar-refractivity contribution is 0.647. The summed E-state index contributed by atoms with van der Waals surface area (Å²) < 4.78 is 0. The highest BCUT2D eigenvalue weighted by atomic mass is 15.1. The maximum absolute atomic E-state index is 4.34. The third-order valence-electron chi connectivity index (χ3n) is 3.47. The fourth-order valence-electron chi connectivity index (χ4n) is 2.38. The minimum atomic E-state index is 0.576. The van der Waals surface area contributed by atoms with E-state index in [9.17, 15) is 0 Å². The Hall–Kier alpha value is -2.95. The number of hydrogen-bond acceptors (Lipinski definition) is 5. The molecule has 122 valence electrons. The standard InChI is InChI=1S/C19H21N5/c1-14(2)11-15-3-5-16(6-4-15)24-19-21-12-18(13-22-19)23-17-7-9-20-10-8-17/h3-10,12-14H,11H2,1-2H3,(H,20,23)(H,21,22,24). The van der Waals surface area contributed by atoms with E-state index in [0.717, 1.165) is 23.5 Å². The molecule has 0 saturated carbocycles. The van der Waals surface area contributed by atoms with Crippen LogP contribution in [-0.4, -0.2) is 15.0 Å². The first-order valence-electron chi connectivity index (χ1n) is 8.04. The minimum absolute atomic E-state index is 0.576. The smallest absolute Gasteiger partial charge is 0.227 e. The van der Waals surface area contributed by atoms with Crippen molar-refractivity contribution < 1.29 is 0 Å². The monoisotopic (exact) mass is 319 g/mol. The van der Waals surface area contributed by atoms with Gasteiger partial charge in [0.25, 0.3) is 0 Å². The summed E-state index contributed by atoms with van der Waals surface area (Å²) in [4.78, 5) is 12.7. The van der Waals surface area contributed by atoms with Crippen molar-refractivity contribution in [2.75, 3.05) is 10.6 Å². The zero-order valence-corrected chi connectivity index (χ0v) is 13.9. The highest BCUT2D eigenvalue weighted by Crippen LogP contribution is 2.18. The normalized spacial score (nSPS) is 10.6. The summed E-state index contributed by atoms with van der Waals surface area (Å²) in [6.45, 7) is 4.45. The van der Waals surface area contributed by atoms with E-state index in [1.165, 1.54) is 5.56 Å². The molecule has 0 radical (unpaired) electrons. The molecule has 3 rings (SSSR count). The Morgan fingerprint density at radius 1 is 0.792 bits per heavy atom. The summed E-state index contributed by atoms with van der Waals surface area (Å²) in [6.07, 6.45) is 8.07. The first-order chi connectivity index (χ1) is 11.7. The maximum atomic E-state index is 4.34. The average molecular weight is 319 g/mol. The van der Waals surface area contributed by atoms with Gasteiger partial charge in [-0.05, 0) is 42.2 Å². The Bertz CT molecular complexity index is 752. The molecule has 2 heterocycles. The first kappa shape index (κ1) is 15.9. The number of nitrogens with one attached hydrogen (secondary N) is 2. The van der Waals surface area contributed by atoms with Gasteiger partial charge in [-0.15, -0.1) is 0 Å². The van der Waals surface area contributed by atoms with Gasteiger partial charge in [0.05, 0.1) is 18.1 Å². The average Bonchev–Trinajstić information content (AvgIpc) is 2.59. The van der Waals surface area contributed by atoms with Crippen molar-refractivity contribution in [2.45, 2.75) is 20.3 Å². The summed E-state index contributed by atoms with van der Waals surface area (Å²) in [6, 6.07) is 12.2. The van der Waals surface area contributed by atoms with Crippen molar-refractivity contribution in [3.05, 3.63) is 66.7 Å². The largest absolute Gasteiger partial charge is 0.353 e. The Morgan fingerprint density at radius 3 is 2.04 bits per heavy atom. The zero-order chi connectivity index (χ0) is 16.8. The fraction of sp³-hybridized carbons (Fsp3) is 0.211.